The van der Waals surface area contributed by atoms with Gasteiger partial charge in [0, 0.05) is 4.90 Å². The van der Waals surface area contributed by atoms with E-state index in [1.807, 2.05) is 6.07 Å². The number of rotatable bonds is 3. The summed E-state index contributed by atoms with van der Waals surface area (Å²) in [5.74, 6) is 0. The summed E-state index contributed by atoms with van der Waals surface area (Å²) in [4.78, 5) is 1.30. The van der Waals surface area contributed by atoms with Crippen LogP contribution in [0.25, 0.3) is 12.2 Å². The standard InChI is InChI=1S/C15H14S/c1-16-15-9-5-8-14(12-15)11-10-13-6-3-2-4-7-13/h2-12H,1H3/b11-10+. The molecular weight excluding hydrogens is 212 g/mol. The third-order valence-corrected chi connectivity index (χ3v) is 3.09. The molecule has 0 amide bonds. The minimum Gasteiger partial charge on any atom is -0.130 e. The van der Waals surface area contributed by atoms with Crippen LogP contribution in [-0.2, 0) is 0 Å². The Hall–Kier alpha value is -1.47. The van der Waals surface area contributed by atoms with Gasteiger partial charge in [0.25, 0.3) is 0 Å². The largest absolute Gasteiger partial charge is 0.130 e. The van der Waals surface area contributed by atoms with Gasteiger partial charge in [0.2, 0.25) is 0 Å². The van der Waals surface area contributed by atoms with Gasteiger partial charge in [0.1, 0.15) is 0 Å². The third-order valence-electron chi connectivity index (χ3n) is 2.36. The van der Waals surface area contributed by atoms with Crippen molar-refractivity contribution in [2.45, 2.75) is 4.90 Å². The molecule has 16 heavy (non-hydrogen) atoms. The highest BCUT2D eigenvalue weighted by Crippen LogP contribution is 2.17. The zero-order chi connectivity index (χ0) is 11.2. The fraction of sp³-hybridized carbons (Fsp3) is 0.0667. The zero-order valence-corrected chi connectivity index (χ0v) is 10.1. The van der Waals surface area contributed by atoms with Gasteiger partial charge in [-0.2, -0.15) is 0 Å². The van der Waals surface area contributed by atoms with E-state index in [1.165, 1.54) is 16.0 Å². The van der Waals surface area contributed by atoms with Crippen LogP contribution in [0.2, 0.25) is 0 Å². The molecule has 0 aliphatic heterocycles. The quantitative estimate of drug-likeness (QED) is 0.545. The van der Waals surface area contributed by atoms with E-state index in [4.69, 9.17) is 0 Å². The van der Waals surface area contributed by atoms with Crippen molar-refractivity contribution in [3.05, 3.63) is 65.7 Å². The van der Waals surface area contributed by atoms with Gasteiger partial charge in [-0.15, -0.1) is 11.8 Å². The minimum absolute atomic E-state index is 1.23. The SMILES string of the molecule is CSc1cccc(/C=C/c2ccccc2)c1. The van der Waals surface area contributed by atoms with E-state index in [0.29, 0.717) is 0 Å². The zero-order valence-electron chi connectivity index (χ0n) is 9.26. The average Bonchev–Trinajstić information content (AvgIpc) is 2.38. The van der Waals surface area contributed by atoms with Crippen molar-refractivity contribution in [3.63, 3.8) is 0 Å². The van der Waals surface area contributed by atoms with Gasteiger partial charge in [-0.3, -0.25) is 0 Å². The lowest BCUT2D eigenvalue weighted by Crippen LogP contribution is -1.74. The van der Waals surface area contributed by atoms with Gasteiger partial charge in [0.15, 0.2) is 0 Å². The fourth-order valence-corrected chi connectivity index (χ4v) is 1.97. The van der Waals surface area contributed by atoms with Crippen LogP contribution in [0.4, 0.5) is 0 Å². The Balaban J connectivity index is 2.17. The molecule has 0 saturated carbocycles. The summed E-state index contributed by atoms with van der Waals surface area (Å²) in [7, 11) is 0. The summed E-state index contributed by atoms with van der Waals surface area (Å²) in [5, 5.41) is 0. The highest BCUT2D eigenvalue weighted by atomic mass is 32.2. The van der Waals surface area contributed by atoms with Crippen molar-refractivity contribution < 1.29 is 0 Å². The second-order valence-corrected chi connectivity index (χ2v) is 4.40. The Bertz CT molecular complexity index is 472. The van der Waals surface area contributed by atoms with Gasteiger partial charge in [-0.1, -0.05) is 54.6 Å². The first-order valence-electron chi connectivity index (χ1n) is 5.26. The van der Waals surface area contributed by atoms with Crippen LogP contribution in [0.3, 0.4) is 0 Å². The number of benzene rings is 2. The van der Waals surface area contributed by atoms with Crippen LogP contribution >= 0.6 is 11.8 Å². The Kier molecular flexibility index (Phi) is 3.84. The summed E-state index contributed by atoms with van der Waals surface area (Å²) in [5.41, 5.74) is 2.48. The molecule has 0 radical (unpaired) electrons. The van der Waals surface area contributed by atoms with Gasteiger partial charge >= 0.3 is 0 Å². The van der Waals surface area contributed by atoms with Crippen LogP contribution in [0, 0.1) is 0 Å². The molecule has 2 rings (SSSR count). The van der Waals surface area contributed by atoms with Crippen LogP contribution in [-0.4, -0.2) is 6.26 Å². The lowest BCUT2D eigenvalue weighted by atomic mass is 10.1. The second kappa shape index (κ2) is 5.57. The van der Waals surface area contributed by atoms with E-state index >= 15 is 0 Å². The maximum absolute atomic E-state index is 2.20. The molecule has 0 aliphatic rings. The lowest BCUT2D eigenvalue weighted by molar-refractivity contribution is 1.45. The lowest BCUT2D eigenvalue weighted by Gasteiger charge is -1.98. The van der Waals surface area contributed by atoms with Crippen LogP contribution in [0.15, 0.2) is 59.5 Å². The molecule has 2 aromatic carbocycles. The average molecular weight is 226 g/mol. The van der Waals surface area contributed by atoms with Crippen molar-refractivity contribution in [1.82, 2.24) is 0 Å². The van der Waals surface area contributed by atoms with E-state index in [-0.39, 0.29) is 0 Å². The Morgan fingerprint density at radius 2 is 1.50 bits per heavy atom. The molecular formula is C15H14S. The van der Waals surface area contributed by atoms with Crippen LogP contribution in [0.5, 0.6) is 0 Å². The third kappa shape index (κ3) is 3.01. The molecule has 0 saturated heterocycles. The predicted octanol–water partition coefficient (Wildman–Crippen LogP) is 4.58. The Morgan fingerprint density at radius 1 is 0.812 bits per heavy atom. The number of hydrogen-bond donors (Lipinski definition) is 0. The first kappa shape index (κ1) is 11.0. The van der Waals surface area contributed by atoms with Crippen molar-refractivity contribution in [2.24, 2.45) is 0 Å². The number of thioether (sulfide) groups is 1. The van der Waals surface area contributed by atoms with E-state index in [1.54, 1.807) is 11.8 Å². The van der Waals surface area contributed by atoms with E-state index in [9.17, 15) is 0 Å². The topological polar surface area (TPSA) is 0 Å². The molecule has 0 unspecified atom stereocenters. The second-order valence-electron chi connectivity index (χ2n) is 3.52. The molecule has 0 nitrogen and oxygen atoms in total. The summed E-state index contributed by atoms with van der Waals surface area (Å²) >= 11 is 1.77. The van der Waals surface area contributed by atoms with Crippen LogP contribution < -0.4 is 0 Å². The number of hydrogen-bond acceptors (Lipinski definition) is 1. The molecule has 0 aliphatic carbocycles. The molecule has 0 fully saturated rings. The normalized spacial score (nSPS) is 10.8. The maximum Gasteiger partial charge on any atom is 0.00750 e. The Morgan fingerprint density at radius 3 is 2.25 bits per heavy atom. The first-order chi connectivity index (χ1) is 7.88. The van der Waals surface area contributed by atoms with Crippen molar-refractivity contribution >= 4 is 23.9 Å². The molecule has 80 valence electrons. The van der Waals surface area contributed by atoms with Crippen molar-refractivity contribution in [2.75, 3.05) is 6.26 Å². The first-order valence-corrected chi connectivity index (χ1v) is 6.48. The molecule has 0 heterocycles. The monoisotopic (exact) mass is 226 g/mol. The van der Waals surface area contributed by atoms with Gasteiger partial charge in [-0.05, 0) is 29.5 Å². The van der Waals surface area contributed by atoms with Gasteiger partial charge < -0.3 is 0 Å². The fourth-order valence-electron chi connectivity index (χ4n) is 1.50. The van der Waals surface area contributed by atoms with E-state index in [0.717, 1.165) is 0 Å². The summed E-state index contributed by atoms with van der Waals surface area (Å²) < 4.78 is 0. The molecule has 0 atom stereocenters. The predicted molar refractivity (Wildman–Crippen MR) is 73.6 cm³/mol. The van der Waals surface area contributed by atoms with Gasteiger partial charge in [-0.25, -0.2) is 0 Å². The molecule has 2 aromatic rings. The van der Waals surface area contributed by atoms with Crippen LogP contribution in [0.1, 0.15) is 11.1 Å². The molecule has 0 spiro atoms. The van der Waals surface area contributed by atoms with E-state index < -0.39 is 0 Å². The minimum atomic E-state index is 1.23. The highest BCUT2D eigenvalue weighted by Gasteiger charge is 1.90. The summed E-state index contributed by atoms with van der Waals surface area (Å²) in [6, 6.07) is 18.9. The summed E-state index contributed by atoms with van der Waals surface area (Å²) in [6.07, 6.45) is 6.38. The molecule has 1 heteroatoms. The molecule has 0 N–H and O–H groups in total. The maximum atomic E-state index is 2.20. The molecule has 0 bridgehead atoms. The smallest absolute Gasteiger partial charge is 0.00750 e. The van der Waals surface area contributed by atoms with Crippen molar-refractivity contribution in [1.29, 1.82) is 0 Å². The van der Waals surface area contributed by atoms with Gasteiger partial charge in [0.05, 0.1) is 0 Å². The summed E-state index contributed by atoms with van der Waals surface area (Å²) in [6.45, 7) is 0. The Labute approximate surface area is 101 Å². The van der Waals surface area contributed by atoms with Crippen molar-refractivity contribution in [3.8, 4) is 0 Å². The molecule has 0 aromatic heterocycles. The van der Waals surface area contributed by atoms with E-state index in [2.05, 4.69) is 66.9 Å². The highest BCUT2D eigenvalue weighted by molar-refractivity contribution is 7.98.